The monoisotopic (exact) mass is 388 g/mol. The van der Waals surface area contributed by atoms with Crippen LogP contribution in [-0.2, 0) is 38.0 Å². The van der Waals surface area contributed by atoms with Crippen molar-refractivity contribution in [2.75, 3.05) is 13.7 Å². The third-order valence-electron chi connectivity index (χ3n) is 4.74. The summed E-state index contributed by atoms with van der Waals surface area (Å²) in [7, 11) is 1.46. The summed E-state index contributed by atoms with van der Waals surface area (Å²) in [5, 5.41) is 0. The number of methoxy groups -OCH3 is 1. The average Bonchev–Trinajstić information content (AvgIpc) is 3.04. The van der Waals surface area contributed by atoms with Crippen molar-refractivity contribution in [2.45, 2.75) is 96.3 Å². The van der Waals surface area contributed by atoms with Gasteiger partial charge in [0, 0.05) is 21.0 Å². The van der Waals surface area contributed by atoms with Gasteiger partial charge < -0.3 is 28.4 Å². The highest BCUT2D eigenvalue weighted by Gasteiger charge is 2.54. The SMILES string of the molecule is CCCCCCCC1O[C@H]2[C@@H](O1)[C@@H](COC(C)=O)O[C@H](OC)[C@@H]2OC(C)=O. The van der Waals surface area contributed by atoms with E-state index in [-0.39, 0.29) is 6.61 Å². The maximum atomic E-state index is 11.5. The van der Waals surface area contributed by atoms with Crippen LogP contribution in [0.2, 0.25) is 0 Å². The van der Waals surface area contributed by atoms with Crippen LogP contribution in [0.3, 0.4) is 0 Å². The summed E-state index contributed by atoms with van der Waals surface area (Å²) in [5.74, 6) is -0.855. The molecule has 2 aliphatic rings. The van der Waals surface area contributed by atoms with Crippen molar-refractivity contribution in [1.82, 2.24) is 0 Å². The van der Waals surface area contributed by atoms with E-state index >= 15 is 0 Å². The second-order valence-corrected chi connectivity index (χ2v) is 6.99. The first kappa shape index (κ1) is 22.1. The van der Waals surface area contributed by atoms with Crippen LogP contribution in [-0.4, -0.2) is 62.7 Å². The van der Waals surface area contributed by atoms with Crippen LogP contribution < -0.4 is 0 Å². The highest BCUT2D eigenvalue weighted by molar-refractivity contribution is 5.66. The van der Waals surface area contributed by atoms with Crippen molar-refractivity contribution in [3.63, 3.8) is 0 Å². The molecule has 0 radical (unpaired) electrons. The third kappa shape index (κ3) is 6.41. The molecule has 0 aromatic carbocycles. The zero-order valence-corrected chi connectivity index (χ0v) is 16.7. The minimum absolute atomic E-state index is 0.0235. The number of hydrogen-bond donors (Lipinski definition) is 0. The Morgan fingerprint density at radius 2 is 1.63 bits per heavy atom. The van der Waals surface area contributed by atoms with E-state index in [0.717, 1.165) is 19.3 Å². The third-order valence-corrected chi connectivity index (χ3v) is 4.74. The fourth-order valence-electron chi connectivity index (χ4n) is 3.47. The molecule has 0 aromatic rings. The highest BCUT2D eigenvalue weighted by atomic mass is 16.8. The van der Waals surface area contributed by atoms with Gasteiger partial charge in [-0.3, -0.25) is 9.59 Å². The Morgan fingerprint density at radius 1 is 0.926 bits per heavy atom. The summed E-state index contributed by atoms with van der Waals surface area (Å²) in [6.45, 7) is 4.86. The highest BCUT2D eigenvalue weighted by Crippen LogP contribution is 2.36. The van der Waals surface area contributed by atoms with E-state index < -0.39 is 48.9 Å². The summed E-state index contributed by atoms with van der Waals surface area (Å²) < 4.78 is 33.7. The van der Waals surface area contributed by atoms with Crippen molar-refractivity contribution in [1.29, 1.82) is 0 Å². The fraction of sp³-hybridized carbons (Fsp3) is 0.895. The first-order valence-corrected chi connectivity index (χ1v) is 9.76. The Labute approximate surface area is 160 Å². The van der Waals surface area contributed by atoms with Crippen molar-refractivity contribution in [2.24, 2.45) is 0 Å². The summed E-state index contributed by atoms with van der Waals surface area (Å²) in [6, 6.07) is 0. The maximum Gasteiger partial charge on any atom is 0.303 e. The van der Waals surface area contributed by atoms with E-state index in [4.69, 9.17) is 28.4 Å². The van der Waals surface area contributed by atoms with Crippen LogP contribution in [0.4, 0.5) is 0 Å². The lowest BCUT2D eigenvalue weighted by molar-refractivity contribution is -0.279. The van der Waals surface area contributed by atoms with E-state index in [2.05, 4.69) is 6.92 Å². The van der Waals surface area contributed by atoms with E-state index in [1.54, 1.807) is 0 Å². The van der Waals surface area contributed by atoms with Crippen molar-refractivity contribution in [3.05, 3.63) is 0 Å². The number of unbranched alkanes of at least 4 members (excludes halogenated alkanes) is 4. The Hall–Kier alpha value is -1.22. The summed E-state index contributed by atoms with van der Waals surface area (Å²) in [6.07, 6.45) is 2.92. The molecule has 156 valence electrons. The van der Waals surface area contributed by atoms with E-state index in [1.165, 1.54) is 40.2 Å². The van der Waals surface area contributed by atoms with Gasteiger partial charge in [-0.1, -0.05) is 32.6 Å². The van der Waals surface area contributed by atoms with Gasteiger partial charge in [0.1, 0.15) is 24.9 Å². The molecule has 27 heavy (non-hydrogen) atoms. The smallest absolute Gasteiger partial charge is 0.303 e. The number of fused-ring (bicyclic) bond motifs is 1. The van der Waals surface area contributed by atoms with Gasteiger partial charge in [-0.15, -0.1) is 0 Å². The molecule has 8 nitrogen and oxygen atoms in total. The topological polar surface area (TPSA) is 89.5 Å². The van der Waals surface area contributed by atoms with Crippen LogP contribution in [0, 0.1) is 0 Å². The van der Waals surface area contributed by atoms with Crippen LogP contribution in [0.1, 0.15) is 59.3 Å². The molecule has 2 fully saturated rings. The van der Waals surface area contributed by atoms with E-state index in [1.807, 2.05) is 0 Å². The van der Waals surface area contributed by atoms with Gasteiger partial charge in [-0.25, -0.2) is 0 Å². The lowest BCUT2D eigenvalue weighted by atomic mass is 9.99. The maximum absolute atomic E-state index is 11.5. The van der Waals surface area contributed by atoms with Crippen molar-refractivity contribution < 1.29 is 38.0 Å². The molecule has 6 atom stereocenters. The van der Waals surface area contributed by atoms with Gasteiger partial charge >= 0.3 is 11.9 Å². The molecule has 0 bridgehead atoms. The molecule has 0 N–H and O–H groups in total. The predicted octanol–water partition coefficient (Wildman–Crippen LogP) is 2.32. The molecular formula is C19H32O8. The number of rotatable bonds is 10. The summed E-state index contributed by atoms with van der Waals surface area (Å²) in [5.41, 5.74) is 0. The normalized spacial score (nSPS) is 32.7. The van der Waals surface area contributed by atoms with Gasteiger partial charge in [0.15, 0.2) is 18.7 Å². The lowest BCUT2D eigenvalue weighted by Gasteiger charge is -2.40. The van der Waals surface area contributed by atoms with Gasteiger partial charge in [0.25, 0.3) is 0 Å². The molecule has 0 spiro atoms. The number of carbonyl (C=O) groups excluding carboxylic acids is 2. The number of esters is 2. The zero-order chi connectivity index (χ0) is 19.8. The molecular weight excluding hydrogens is 356 g/mol. The first-order chi connectivity index (χ1) is 13.0. The molecule has 2 aliphatic heterocycles. The quantitative estimate of drug-likeness (QED) is 0.416. The van der Waals surface area contributed by atoms with E-state index in [9.17, 15) is 9.59 Å². The molecule has 0 saturated carbocycles. The Morgan fingerprint density at radius 3 is 2.26 bits per heavy atom. The average molecular weight is 388 g/mol. The largest absolute Gasteiger partial charge is 0.463 e. The van der Waals surface area contributed by atoms with Crippen LogP contribution in [0.25, 0.3) is 0 Å². The predicted molar refractivity (Wildman–Crippen MR) is 94.8 cm³/mol. The minimum atomic E-state index is -0.817. The number of hydrogen-bond acceptors (Lipinski definition) is 8. The Balaban J connectivity index is 2.01. The zero-order valence-electron chi connectivity index (χ0n) is 16.7. The van der Waals surface area contributed by atoms with Gasteiger partial charge in [0.2, 0.25) is 0 Å². The Bertz CT molecular complexity index is 482. The second kappa shape index (κ2) is 10.9. The molecule has 0 aromatic heterocycles. The van der Waals surface area contributed by atoms with Crippen molar-refractivity contribution in [3.8, 4) is 0 Å². The van der Waals surface area contributed by atoms with Gasteiger partial charge in [0.05, 0.1) is 0 Å². The molecule has 2 rings (SSSR count). The van der Waals surface area contributed by atoms with Crippen LogP contribution in [0.15, 0.2) is 0 Å². The van der Waals surface area contributed by atoms with Crippen molar-refractivity contribution >= 4 is 11.9 Å². The van der Waals surface area contributed by atoms with Gasteiger partial charge in [-0.05, 0) is 12.8 Å². The second-order valence-electron chi connectivity index (χ2n) is 6.99. The number of carbonyl (C=O) groups is 2. The molecule has 0 aliphatic carbocycles. The molecule has 1 unspecified atom stereocenters. The lowest BCUT2D eigenvalue weighted by Crippen LogP contribution is -2.59. The van der Waals surface area contributed by atoms with Crippen LogP contribution >= 0.6 is 0 Å². The van der Waals surface area contributed by atoms with Crippen LogP contribution in [0.5, 0.6) is 0 Å². The summed E-state index contributed by atoms with van der Waals surface area (Å²) >= 11 is 0. The summed E-state index contributed by atoms with van der Waals surface area (Å²) in [4.78, 5) is 22.7. The minimum Gasteiger partial charge on any atom is -0.463 e. The Kier molecular flexibility index (Phi) is 8.95. The fourth-order valence-corrected chi connectivity index (χ4v) is 3.47. The molecule has 0 amide bonds. The molecule has 2 saturated heterocycles. The standard InChI is InChI=1S/C19H32O8/c1-5-6-7-8-9-10-15-26-16-14(11-23-12(2)20)25-19(22-4)18(17(16)27-15)24-13(3)21/h14-19H,5-11H2,1-4H3/t14-,15?,16+,17+,18-,19+/m1/s1. The van der Waals surface area contributed by atoms with E-state index in [0.29, 0.717) is 0 Å². The number of ether oxygens (including phenoxy) is 6. The van der Waals surface area contributed by atoms with Gasteiger partial charge in [-0.2, -0.15) is 0 Å². The molecule has 8 heteroatoms. The first-order valence-electron chi connectivity index (χ1n) is 9.76. The molecule has 2 heterocycles.